The molecule has 1 aromatic carbocycles. The fourth-order valence-corrected chi connectivity index (χ4v) is 2.37. The summed E-state index contributed by atoms with van der Waals surface area (Å²) < 4.78 is 16.7. The Morgan fingerprint density at radius 2 is 2.13 bits per heavy atom. The van der Waals surface area contributed by atoms with Gasteiger partial charge in [0.05, 0.1) is 17.9 Å². The first-order valence-corrected chi connectivity index (χ1v) is 6.37. The molecule has 0 aromatic heterocycles. The van der Waals surface area contributed by atoms with Gasteiger partial charge in [0.1, 0.15) is 5.75 Å². The summed E-state index contributed by atoms with van der Waals surface area (Å²) in [6.45, 7) is 2.50. The number of aryl methyl sites for hydroxylation is 1. The third-order valence-electron chi connectivity index (χ3n) is 2.30. The van der Waals surface area contributed by atoms with E-state index in [0.717, 1.165) is 28.2 Å². The molecule has 2 N–H and O–H groups in total. The number of benzene rings is 1. The highest BCUT2D eigenvalue weighted by Crippen LogP contribution is 2.25. The number of nitrogens with two attached hydrogens (primary N) is 1. The van der Waals surface area contributed by atoms with Crippen molar-refractivity contribution in [1.29, 1.82) is 0 Å². The summed E-state index contributed by atoms with van der Waals surface area (Å²) in [5, 5.41) is 0. The minimum Gasteiger partial charge on any atom is -0.496 e. The normalized spacial score (nSPS) is 12.5. The highest BCUT2D eigenvalue weighted by Gasteiger charge is 2.09. The van der Waals surface area contributed by atoms with Crippen LogP contribution in [0.2, 0.25) is 0 Å². The zero-order chi connectivity index (χ0) is 11.4. The van der Waals surface area contributed by atoms with E-state index in [4.69, 9.17) is 10.5 Å². The lowest BCUT2D eigenvalue weighted by atomic mass is 10.1. The second-order valence-electron chi connectivity index (χ2n) is 3.42. The summed E-state index contributed by atoms with van der Waals surface area (Å²) in [5.41, 5.74) is 7.53. The molecule has 84 valence electrons. The molecule has 15 heavy (non-hydrogen) atoms. The predicted octanol–water partition coefficient (Wildman–Crippen LogP) is 1.24. The summed E-state index contributed by atoms with van der Waals surface area (Å²) >= 11 is 0. The summed E-state index contributed by atoms with van der Waals surface area (Å²) in [4.78, 5) is 0.860. The summed E-state index contributed by atoms with van der Waals surface area (Å²) in [5.74, 6) is 0.826. The van der Waals surface area contributed by atoms with Gasteiger partial charge in [-0.1, -0.05) is 0 Å². The van der Waals surface area contributed by atoms with Gasteiger partial charge in [0, 0.05) is 11.2 Å². The standard InChI is InChI=1S/C11H17NO2S/c1-8-6-10(14-2)9(4-5-12)7-11(8)15(3)13/h6-7H,4-5,12H2,1-3H3. The van der Waals surface area contributed by atoms with Gasteiger partial charge < -0.3 is 10.5 Å². The Labute approximate surface area is 93.1 Å². The monoisotopic (exact) mass is 227 g/mol. The average molecular weight is 227 g/mol. The van der Waals surface area contributed by atoms with E-state index < -0.39 is 10.8 Å². The first kappa shape index (κ1) is 12.2. The fourth-order valence-electron chi connectivity index (χ4n) is 1.55. The lowest BCUT2D eigenvalue weighted by Crippen LogP contribution is -2.06. The molecule has 0 bridgehead atoms. The van der Waals surface area contributed by atoms with Crippen molar-refractivity contribution in [2.24, 2.45) is 5.73 Å². The Morgan fingerprint density at radius 1 is 1.47 bits per heavy atom. The van der Waals surface area contributed by atoms with Crippen LogP contribution in [0.15, 0.2) is 17.0 Å². The maximum Gasteiger partial charge on any atom is 0.122 e. The molecule has 1 unspecified atom stereocenters. The maximum atomic E-state index is 11.5. The van der Waals surface area contributed by atoms with E-state index in [0.29, 0.717) is 6.54 Å². The summed E-state index contributed by atoms with van der Waals surface area (Å²) in [7, 11) is 0.675. The molecule has 0 saturated carbocycles. The van der Waals surface area contributed by atoms with Crippen molar-refractivity contribution < 1.29 is 8.95 Å². The highest BCUT2D eigenvalue weighted by molar-refractivity contribution is 7.84. The lowest BCUT2D eigenvalue weighted by molar-refractivity contribution is 0.409. The number of hydrogen-bond acceptors (Lipinski definition) is 3. The second-order valence-corrected chi connectivity index (χ2v) is 4.77. The fraction of sp³-hybridized carbons (Fsp3) is 0.455. The van der Waals surface area contributed by atoms with Crippen molar-refractivity contribution in [3.63, 3.8) is 0 Å². The van der Waals surface area contributed by atoms with Crippen LogP contribution in [0.4, 0.5) is 0 Å². The molecule has 4 heteroatoms. The maximum absolute atomic E-state index is 11.5. The Balaban J connectivity index is 3.23. The van der Waals surface area contributed by atoms with Crippen LogP contribution in [0, 0.1) is 6.92 Å². The first-order valence-electron chi connectivity index (χ1n) is 4.81. The van der Waals surface area contributed by atoms with E-state index in [2.05, 4.69) is 0 Å². The Morgan fingerprint density at radius 3 is 2.60 bits per heavy atom. The van der Waals surface area contributed by atoms with Crippen LogP contribution in [0.5, 0.6) is 5.75 Å². The molecular weight excluding hydrogens is 210 g/mol. The van der Waals surface area contributed by atoms with Crippen LogP contribution < -0.4 is 10.5 Å². The molecule has 0 radical (unpaired) electrons. The second kappa shape index (κ2) is 5.28. The van der Waals surface area contributed by atoms with Crippen LogP contribution in [0.3, 0.4) is 0 Å². The molecule has 0 aliphatic heterocycles. The van der Waals surface area contributed by atoms with E-state index >= 15 is 0 Å². The third kappa shape index (κ3) is 2.79. The lowest BCUT2D eigenvalue weighted by Gasteiger charge is -2.11. The van der Waals surface area contributed by atoms with E-state index in [9.17, 15) is 4.21 Å². The van der Waals surface area contributed by atoms with Crippen LogP contribution in [0.1, 0.15) is 11.1 Å². The summed E-state index contributed by atoms with van der Waals surface area (Å²) in [6, 6.07) is 3.85. The molecule has 0 aliphatic rings. The van der Waals surface area contributed by atoms with Crippen molar-refractivity contribution in [1.82, 2.24) is 0 Å². The topological polar surface area (TPSA) is 52.3 Å². The van der Waals surface area contributed by atoms with Gasteiger partial charge in [-0.2, -0.15) is 0 Å². The molecule has 3 nitrogen and oxygen atoms in total. The summed E-state index contributed by atoms with van der Waals surface area (Å²) in [6.07, 6.45) is 2.43. The van der Waals surface area contributed by atoms with Crippen molar-refractivity contribution in [2.75, 3.05) is 19.9 Å². The van der Waals surface area contributed by atoms with Gasteiger partial charge in [-0.3, -0.25) is 4.21 Å². The van der Waals surface area contributed by atoms with Gasteiger partial charge in [-0.25, -0.2) is 0 Å². The quantitative estimate of drug-likeness (QED) is 0.842. The highest BCUT2D eigenvalue weighted by atomic mass is 32.2. The number of methoxy groups -OCH3 is 1. The zero-order valence-corrected chi connectivity index (χ0v) is 10.2. The molecule has 0 saturated heterocycles. The molecule has 1 atom stereocenters. The van der Waals surface area contributed by atoms with E-state index in [1.165, 1.54) is 0 Å². The van der Waals surface area contributed by atoms with Gasteiger partial charge in [0.2, 0.25) is 0 Å². The smallest absolute Gasteiger partial charge is 0.122 e. The van der Waals surface area contributed by atoms with Crippen LogP contribution >= 0.6 is 0 Å². The van der Waals surface area contributed by atoms with Gasteiger partial charge in [0.25, 0.3) is 0 Å². The van der Waals surface area contributed by atoms with Gasteiger partial charge >= 0.3 is 0 Å². The third-order valence-corrected chi connectivity index (χ3v) is 3.36. The number of rotatable bonds is 4. The Bertz CT molecular complexity index is 377. The minimum atomic E-state index is -0.961. The molecule has 1 rings (SSSR count). The molecule has 0 amide bonds. The number of ether oxygens (including phenoxy) is 1. The Kier molecular flexibility index (Phi) is 4.29. The zero-order valence-electron chi connectivity index (χ0n) is 9.37. The first-order chi connectivity index (χ1) is 7.10. The molecule has 0 fully saturated rings. The van der Waals surface area contributed by atoms with Crippen molar-refractivity contribution in [2.45, 2.75) is 18.2 Å². The minimum absolute atomic E-state index is 0.565. The average Bonchev–Trinajstić information content (AvgIpc) is 2.20. The number of hydrogen-bond donors (Lipinski definition) is 1. The van der Waals surface area contributed by atoms with Crippen molar-refractivity contribution >= 4 is 10.8 Å². The predicted molar refractivity (Wildman–Crippen MR) is 62.8 cm³/mol. The van der Waals surface area contributed by atoms with E-state index in [1.807, 2.05) is 19.1 Å². The SMILES string of the molecule is COc1cc(C)c(S(C)=O)cc1CCN. The largest absolute Gasteiger partial charge is 0.496 e. The van der Waals surface area contributed by atoms with E-state index in [1.54, 1.807) is 13.4 Å². The van der Waals surface area contributed by atoms with Gasteiger partial charge in [-0.15, -0.1) is 0 Å². The van der Waals surface area contributed by atoms with Crippen LogP contribution in [0.25, 0.3) is 0 Å². The molecule has 0 aliphatic carbocycles. The van der Waals surface area contributed by atoms with Crippen LogP contribution in [-0.2, 0) is 17.2 Å². The van der Waals surface area contributed by atoms with Gasteiger partial charge in [0.15, 0.2) is 0 Å². The van der Waals surface area contributed by atoms with Crippen LogP contribution in [-0.4, -0.2) is 24.1 Å². The molecular formula is C11H17NO2S. The molecule has 0 spiro atoms. The van der Waals surface area contributed by atoms with Gasteiger partial charge in [-0.05, 0) is 43.1 Å². The molecule has 1 aromatic rings. The molecule has 0 heterocycles. The van der Waals surface area contributed by atoms with Crippen molar-refractivity contribution in [3.8, 4) is 5.75 Å². The van der Waals surface area contributed by atoms with E-state index in [-0.39, 0.29) is 0 Å². The van der Waals surface area contributed by atoms with Crippen molar-refractivity contribution in [3.05, 3.63) is 23.3 Å². The Hall–Kier alpha value is -0.870.